The van der Waals surface area contributed by atoms with Gasteiger partial charge in [-0.3, -0.25) is 0 Å². The van der Waals surface area contributed by atoms with E-state index in [0.29, 0.717) is 12.0 Å². The highest BCUT2D eigenvalue weighted by Crippen LogP contribution is 2.31. The molecule has 1 fully saturated rings. The van der Waals surface area contributed by atoms with Crippen molar-refractivity contribution in [3.8, 4) is 0 Å². The van der Waals surface area contributed by atoms with Crippen LogP contribution in [0.4, 0.5) is 18.0 Å². The molecule has 2 atom stereocenters. The summed E-state index contributed by atoms with van der Waals surface area (Å²) in [6, 6.07) is 5.52. The number of carbonyl (C=O) groups is 1. The highest BCUT2D eigenvalue weighted by Gasteiger charge is 2.34. The van der Waals surface area contributed by atoms with Gasteiger partial charge in [0.25, 0.3) is 0 Å². The Labute approximate surface area is 113 Å². The van der Waals surface area contributed by atoms with E-state index in [2.05, 4.69) is 4.74 Å². The van der Waals surface area contributed by atoms with Crippen LogP contribution in [-0.2, 0) is 4.74 Å². The number of ether oxygens (including phenoxy) is 1. The molecule has 1 aromatic rings. The van der Waals surface area contributed by atoms with Gasteiger partial charge in [0.2, 0.25) is 0 Å². The quantitative estimate of drug-likeness (QED) is 0.930. The van der Waals surface area contributed by atoms with E-state index in [9.17, 15) is 18.0 Å². The van der Waals surface area contributed by atoms with E-state index in [-0.39, 0.29) is 19.0 Å². The van der Waals surface area contributed by atoms with Crippen molar-refractivity contribution in [2.24, 2.45) is 0 Å². The first-order chi connectivity index (χ1) is 9.47. The van der Waals surface area contributed by atoms with E-state index in [1.54, 1.807) is 0 Å². The van der Waals surface area contributed by atoms with Gasteiger partial charge in [-0.05, 0) is 24.1 Å². The molecule has 20 heavy (non-hydrogen) atoms. The molecule has 0 bridgehead atoms. The third-order valence-corrected chi connectivity index (χ3v) is 3.41. The minimum atomic E-state index is -2.98. The number of alkyl halides is 2. The van der Waals surface area contributed by atoms with Gasteiger partial charge in [0.15, 0.2) is 0 Å². The predicted molar refractivity (Wildman–Crippen MR) is 64.2 cm³/mol. The number of carboxylic acid groups (broad SMARTS) is 1. The second-order valence-corrected chi connectivity index (χ2v) is 4.61. The molecule has 0 radical (unpaired) electrons. The maximum atomic E-state index is 12.9. The normalized spacial score (nSPS) is 23.1. The summed E-state index contributed by atoms with van der Waals surface area (Å²) in [6.45, 7) is -2.86. The van der Waals surface area contributed by atoms with Crippen molar-refractivity contribution in [3.63, 3.8) is 0 Å². The third-order valence-electron chi connectivity index (χ3n) is 3.41. The highest BCUT2D eigenvalue weighted by atomic mass is 19.3. The van der Waals surface area contributed by atoms with Crippen LogP contribution in [-0.4, -0.2) is 41.9 Å². The molecule has 1 aliphatic rings. The van der Waals surface area contributed by atoms with Crippen LogP contribution < -0.4 is 0 Å². The van der Waals surface area contributed by atoms with Gasteiger partial charge < -0.3 is 14.7 Å². The van der Waals surface area contributed by atoms with Crippen molar-refractivity contribution >= 4 is 6.09 Å². The fourth-order valence-corrected chi connectivity index (χ4v) is 2.45. The average Bonchev–Trinajstić information content (AvgIpc) is 2.39. The number of benzene rings is 1. The summed E-state index contributed by atoms with van der Waals surface area (Å²) in [6.07, 6.45) is -1.74. The Morgan fingerprint density at radius 1 is 1.35 bits per heavy atom. The van der Waals surface area contributed by atoms with E-state index in [4.69, 9.17) is 5.11 Å². The summed E-state index contributed by atoms with van der Waals surface area (Å²) in [5.74, 6) is -0.789. The van der Waals surface area contributed by atoms with E-state index < -0.39 is 24.6 Å². The van der Waals surface area contributed by atoms with Crippen LogP contribution in [0.5, 0.6) is 0 Å². The Balaban J connectivity index is 2.17. The van der Waals surface area contributed by atoms with Crippen LogP contribution in [0.15, 0.2) is 24.3 Å². The molecule has 2 rings (SSSR count). The van der Waals surface area contributed by atoms with Crippen molar-refractivity contribution < 1.29 is 27.8 Å². The van der Waals surface area contributed by atoms with Gasteiger partial charge in [-0.1, -0.05) is 12.1 Å². The smallest absolute Gasteiger partial charge is 0.407 e. The van der Waals surface area contributed by atoms with Crippen molar-refractivity contribution in [1.29, 1.82) is 0 Å². The molecule has 1 aromatic carbocycles. The molecule has 0 aromatic heterocycles. The van der Waals surface area contributed by atoms with E-state index in [0.717, 1.165) is 4.90 Å². The lowest BCUT2D eigenvalue weighted by atomic mass is 9.87. The topological polar surface area (TPSA) is 49.8 Å². The summed E-state index contributed by atoms with van der Waals surface area (Å²) in [5, 5.41) is 8.92. The molecule has 0 saturated carbocycles. The Morgan fingerprint density at radius 2 is 2.00 bits per heavy atom. The van der Waals surface area contributed by atoms with Gasteiger partial charge in [-0.25, -0.2) is 9.18 Å². The number of hydrogen-bond donors (Lipinski definition) is 1. The number of piperidine rings is 1. The van der Waals surface area contributed by atoms with E-state index in [1.165, 1.54) is 24.3 Å². The molecule has 110 valence electrons. The summed E-state index contributed by atoms with van der Waals surface area (Å²) in [4.78, 5) is 12.0. The molecule has 1 saturated heterocycles. The first kappa shape index (κ1) is 14.6. The molecule has 1 amide bonds. The zero-order chi connectivity index (χ0) is 14.7. The predicted octanol–water partition coefficient (Wildman–Crippen LogP) is 2.90. The van der Waals surface area contributed by atoms with Gasteiger partial charge in [-0.15, -0.1) is 0 Å². The first-order valence-corrected chi connectivity index (χ1v) is 6.14. The van der Waals surface area contributed by atoms with Gasteiger partial charge in [-0.2, -0.15) is 8.78 Å². The lowest BCUT2D eigenvalue weighted by Crippen LogP contribution is -2.46. The Bertz CT molecular complexity index is 466. The highest BCUT2D eigenvalue weighted by molar-refractivity contribution is 5.65. The van der Waals surface area contributed by atoms with E-state index in [1.807, 2.05) is 0 Å². The Kier molecular flexibility index (Phi) is 4.49. The number of amides is 1. The fourth-order valence-electron chi connectivity index (χ4n) is 2.45. The SMILES string of the molecule is O=C(O)N1CC[C@H](c2ccc(F)cc2)[C@@H](OC(F)F)C1. The molecule has 0 unspecified atom stereocenters. The maximum absolute atomic E-state index is 12.9. The monoisotopic (exact) mass is 289 g/mol. The molecule has 1 aliphatic heterocycles. The second-order valence-electron chi connectivity index (χ2n) is 4.61. The standard InChI is InChI=1S/C13H14F3NO3/c14-9-3-1-8(2-4-9)10-5-6-17(13(18)19)7-11(10)20-12(15)16/h1-4,10-12H,5-7H2,(H,18,19)/t10-,11+/m1/s1. The van der Waals surface area contributed by atoms with Crippen LogP contribution in [0.1, 0.15) is 17.9 Å². The molecule has 4 nitrogen and oxygen atoms in total. The molecule has 1 N–H and O–H groups in total. The van der Waals surface area contributed by atoms with E-state index >= 15 is 0 Å². The lowest BCUT2D eigenvalue weighted by Gasteiger charge is -2.37. The van der Waals surface area contributed by atoms with Gasteiger partial charge >= 0.3 is 12.7 Å². The zero-order valence-electron chi connectivity index (χ0n) is 10.5. The van der Waals surface area contributed by atoms with Crippen molar-refractivity contribution in [3.05, 3.63) is 35.6 Å². The summed E-state index contributed by atoms with van der Waals surface area (Å²) >= 11 is 0. The van der Waals surface area contributed by atoms with Crippen LogP contribution in [0.25, 0.3) is 0 Å². The first-order valence-electron chi connectivity index (χ1n) is 6.14. The van der Waals surface area contributed by atoms with Crippen molar-refractivity contribution in [2.75, 3.05) is 13.1 Å². The molecule has 1 heterocycles. The minimum Gasteiger partial charge on any atom is -0.465 e. The number of likely N-dealkylation sites (tertiary alicyclic amines) is 1. The van der Waals surface area contributed by atoms with Crippen LogP contribution in [0, 0.1) is 5.82 Å². The second kappa shape index (κ2) is 6.13. The average molecular weight is 289 g/mol. The number of halogens is 3. The summed E-state index contributed by atoms with van der Waals surface area (Å²) in [5.41, 5.74) is 0.669. The third kappa shape index (κ3) is 3.41. The minimum absolute atomic E-state index is 0.123. The summed E-state index contributed by atoms with van der Waals surface area (Å²) in [7, 11) is 0. The molecule has 0 aliphatic carbocycles. The van der Waals surface area contributed by atoms with Crippen molar-refractivity contribution in [1.82, 2.24) is 4.90 Å². The Hall–Kier alpha value is -1.76. The molecule has 0 spiro atoms. The van der Waals surface area contributed by atoms with Crippen LogP contribution in [0.3, 0.4) is 0 Å². The number of hydrogen-bond acceptors (Lipinski definition) is 2. The fraction of sp³-hybridized carbons (Fsp3) is 0.462. The van der Waals surface area contributed by atoms with Crippen molar-refractivity contribution in [2.45, 2.75) is 25.1 Å². The summed E-state index contributed by atoms with van der Waals surface area (Å²) < 4.78 is 42.3. The van der Waals surface area contributed by atoms with Gasteiger partial charge in [0.1, 0.15) is 5.82 Å². The maximum Gasteiger partial charge on any atom is 0.407 e. The molecular weight excluding hydrogens is 275 g/mol. The Morgan fingerprint density at radius 3 is 2.55 bits per heavy atom. The molecular formula is C13H14F3NO3. The largest absolute Gasteiger partial charge is 0.465 e. The number of rotatable bonds is 3. The van der Waals surface area contributed by atoms with Gasteiger partial charge in [0.05, 0.1) is 12.6 Å². The number of nitrogens with zero attached hydrogens (tertiary/aromatic N) is 1. The van der Waals surface area contributed by atoms with Crippen LogP contribution >= 0.6 is 0 Å². The molecule has 7 heteroatoms. The lowest BCUT2D eigenvalue weighted by molar-refractivity contribution is -0.178. The zero-order valence-corrected chi connectivity index (χ0v) is 10.5. The van der Waals surface area contributed by atoms with Crippen LogP contribution in [0.2, 0.25) is 0 Å². The van der Waals surface area contributed by atoms with Gasteiger partial charge in [0, 0.05) is 12.5 Å².